The molecule has 200 valence electrons. The molecule has 0 spiro atoms. The van der Waals surface area contributed by atoms with E-state index in [1.807, 2.05) is 55.5 Å². The van der Waals surface area contributed by atoms with Crippen LogP contribution in [0.25, 0.3) is 22.5 Å². The lowest BCUT2D eigenvalue weighted by molar-refractivity contribution is 0.0878. The fraction of sp³-hybridized carbons (Fsp3) is 0.448. The van der Waals surface area contributed by atoms with Crippen LogP contribution in [0, 0.1) is 0 Å². The van der Waals surface area contributed by atoms with Crippen LogP contribution in [0.3, 0.4) is 0 Å². The highest BCUT2D eigenvalue weighted by molar-refractivity contribution is 5.77. The van der Waals surface area contributed by atoms with Crippen molar-refractivity contribution < 1.29 is 4.79 Å². The second kappa shape index (κ2) is 13.6. The van der Waals surface area contributed by atoms with E-state index < -0.39 is 0 Å². The number of unbranched alkanes of at least 4 members (excludes halogenated alkanes) is 6. The Balaban J connectivity index is 1.51. The van der Waals surface area contributed by atoms with Gasteiger partial charge in [0.25, 0.3) is 5.91 Å². The average Bonchev–Trinajstić information content (AvgIpc) is 3.59. The zero-order chi connectivity index (χ0) is 26.7. The maximum absolute atomic E-state index is 13.2. The van der Waals surface area contributed by atoms with E-state index in [9.17, 15) is 9.59 Å². The van der Waals surface area contributed by atoms with Gasteiger partial charge in [0.05, 0.1) is 6.54 Å². The molecule has 9 nitrogen and oxygen atoms in total. The third kappa shape index (κ3) is 6.90. The molecule has 4 aromatic rings. The molecule has 0 aliphatic rings. The summed E-state index contributed by atoms with van der Waals surface area (Å²) in [4.78, 5) is 25.9. The number of aryl methyl sites for hydroxylation is 1. The smallest absolute Gasteiger partial charge is 0.274 e. The molecular weight excluding hydrogens is 478 g/mol. The second-order valence-electron chi connectivity index (χ2n) is 9.72. The first-order chi connectivity index (χ1) is 18.6. The van der Waals surface area contributed by atoms with E-state index in [-0.39, 0.29) is 11.6 Å². The topological polar surface area (TPSA) is 111 Å². The van der Waals surface area contributed by atoms with E-state index in [1.165, 1.54) is 25.7 Å². The van der Waals surface area contributed by atoms with Gasteiger partial charge in [0, 0.05) is 18.4 Å². The summed E-state index contributed by atoms with van der Waals surface area (Å²) in [6, 6.07) is 16.1. The molecule has 0 saturated heterocycles. The number of hydrogen-bond acceptors (Lipinski definition) is 6. The van der Waals surface area contributed by atoms with Crippen LogP contribution in [-0.4, -0.2) is 40.9 Å². The van der Waals surface area contributed by atoms with Gasteiger partial charge >= 0.3 is 5.69 Å². The lowest BCUT2D eigenvalue weighted by Gasteiger charge is -2.08. The van der Waals surface area contributed by atoms with Crippen molar-refractivity contribution in [3.63, 3.8) is 0 Å². The molecule has 0 unspecified atom stereocenters. The van der Waals surface area contributed by atoms with Gasteiger partial charge < -0.3 is 0 Å². The van der Waals surface area contributed by atoms with E-state index in [4.69, 9.17) is 0 Å². The lowest BCUT2D eigenvalue weighted by Crippen LogP contribution is -2.30. The van der Waals surface area contributed by atoms with Gasteiger partial charge in [-0.15, -0.1) is 20.0 Å². The molecule has 0 amide bonds. The van der Waals surface area contributed by atoms with E-state index in [0.717, 1.165) is 52.6 Å². The van der Waals surface area contributed by atoms with Gasteiger partial charge in [-0.25, -0.2) is 4.79 Å². The molecule has 0 fully saturated rings. The van der Waals surface area contributed by atoms with E-state index in [2.05, 4.69) is 32.6 Å². The highest BCUT2D eigenvalue weighted by Gasteiger charge is 2.18. The number of aromatic nitrogens is 7. The monoisotopic (exact) mass is 515 g/mol. The predicted octanol–water partition coefficient (Wildman–Crippen LogP) is 5.67. The third-order valence-corrected chi connectivity index (χ3v) is 6.77. The number of aromatic amines is 1. The van der Waals surface area contributed by atoms with Gasteiger partial charge in [-0.3, -0.25) is 9.36 Å². The Hall–Kier alpha value is -3.88. The molecule has 0 bridgehead atoms. The molecule has 9 heteroatoms. The summed E-state index contributed by atoms with van der Waals surface area (Å²) in [5, 5.41) is 18.7. The van der Waals surface area contributed by atoms with Gasteiger partial charge in [-0.05, 0) is 40.8 Å². The fourth-order valence-electron chi connectivity index (χ4n) is 4.55. The van der Waals surface area contributed by atoms with Crippen LogP contribution >= 0.6 is 0 Å². The number of carbonyl (C=O) groups is 1. The summed E-state index contributed by atoms with van der Waals surface area (Å²) in [5.41, 5.74) is 3.60. The number of benzene rings is 2. The maximum atomic E-state index is 13.2. The molecule has 0 aliphatic heterocycles. The SMILES string of the molecule is CCCCCCCCc1nn(C(=O)CCCC)c(=O)n1Cc1ccc(-c2cccc(-c3nn[nH]n3)c2)cc1. The van der Waals surface area contributed by atoms with Crippen LogP contribution in [-0.2, 0) is 13.0 Å². The molecule has 2 aromatic carbocycles. The standard InChI is InChI=1S/C29H37N7O2/c1-3-5-7-8-9-10-14-26-32-36(27(37)15-6-4-2)29(38)35(26)21-22-16-18-23(19-17-22)24-12-11-13-25(20-24)28-30-33-34-31-28/h11-13,16-20H,3-10,14-15,21H2,1-2H3,(H,30,31,33,34). The van der Waals surface area contributed by atoms with Crippen LogP contribution < -0.4 is 5.69 Å². The van der Waals surface area contributed by atoms with Gasteiger partial charge in [0.1, 0.15) is 5.82 Å². The summed E-state index contributed by atoms with van der Waals surface area (Å²) in [5.74, 6) is 1.01. The third-order valence-electron chi connectivity index (χ3n) is 6.77. The van der Waals surface area contributed by atoms with Crippen molar-refractivity contribution in [3.8, 4) is 22.5 Å². The van der Waals surface area contributed by atoms with Crippen LogP contribution in [0.15, 0.2) is 53.3 Å². The number of nitrogens with zero attached hydrogens (tertiary/aromatic N) is 6. The minimum absolute atomic E-state index is 0.225. The van der Waals surface area contributed by atoms with Crippen molar-refractivity contribution in [2.24, 2.45) is 0 Å². The first kappa shape index (κ1) is 27.2. The molecule has 0 radical (unpaired) electrons. The molecule has 0 saturated carbocycles. The predicted molar refractivity (Wildman–Crippen MR) is 148 cm³/mol. The summed E-state index contributed by atoms with van der Waals surface area (Å²) >= 11 is 0. The van der Waals surface area contributed by atoms with E-state index in [1.54, 1.807) is 4.57 Å². The Morgan fingerprint density at radius 2 is 1.61 bits per heavy atom. The minimum Gasteiger partial charge on any atom is -0.274 e. The Kier molecular flexibility index (Phi) is 9.72. The highest BCUT2D eigenvalue weighted by atomic mass is 16.2. The van der Waals surface area contributed by atoms with Crippen molar-refractivity contribution in [1.29, 1.82) is 0 Å². The quantitative estimate of drug-likeness (QED) is 0.217. The summed E-state index contributed by atoms with van der Waals surface area (Å²) in [6.07, 6.45) is 9.62. The number of carbonyl (C=O) groups excluding carboxylic acids is 1. The zero-order valence-electron chi connectivity index (χ0n) is 22.4. The Labute approximate surface area is 223 Å². The fourth-order valence-corrected chi connectivity index (χ4v) is 4.55. The Morgan fingerprint density at radius 3 is 2.34 bits per heavy atom. The Bertz CT molecular complexity index is 1350. The summed E-state index contributed by atoms with van der Waals surface area (Å²) < 4.78 is 2.75. The molecule has 0 aliphatic carbocycles. The lowest BCUT2D eigenvalue weighted by atomic mass is 10.0. The van der Waals surface area contributed by atoms with Crippen LogP contribution in [0.2, 0.25) is 0 Å². The first-order valence-electron chi connectivity index (χ1n) is 13.8. The maximum Gasteiger partial charge on any atom is 0.353 e. The highest BCUT2D eigenvalue weighted by Crippen LogP contribution is 2.24. The van der Waals surface area contributed by atoms with Gasteiger partial charge in [0.2, 0.25) is 5.82 Å². The van der Waals surface area contributed by atoms with E-state index >= 15 is 0 Å². The minimum atomic E-state index is -0.344. The number of nitrogens with one attached hydrogen (secondary N) is 1. The summed E-state index contributed by atoms with van der Waals surface area (Å²) in [6.45, 7) is 4.62. The molecule has 0 atom stereocenters. The molecular formula is C29H37N7O2. The molecule has 38 heavy (non-hydrogen) atoms. The van der Waals surface area contributed by atoms with Crippen LogP contribution in [0.5, 0.6) is 0 Å². The number of rotatable bonds is 14. The largest absolute Gasteiger partial charge is 0.353 e. The second-order valence-corrected chi connectivity index (χ2v) is 9.72. The number of hydrogen-bond donors (Lipinski definition) is 1. The number of tetrazole rings is 1. The zero-order valence-corrected chi connectivity index (χ0v) is 22.4. The van der Waals surface area contributed by atoms with Crippen LogP contribution in [0.1, 0.15) is 87.8 Å². The first-order valence-corrected chi connectivity index (χ1v) is 13.8. The van der Waals surface area contributed by atoms with Crippen molar-refractivity contribution in [3.05, 3.63) is 70.4 Å². The van der Waals surface area contributed by atoms with Crippen LogP contribution in [0.4, 0.5) is 0 Å². The van der Waals surface area contributed by atoms with Crippen molar-refractivity contribution in [1.82, 2.24) is 35.0 Å². The average molecular weight is 516 g/mol. The van der Waals surface area contributed by atoms with E-state index in [0.29, 0.717) is 31.0 Å². The van der Waals surface area contributed by atoms with Crippen molar-refractivity contribution in [2.75, 3.05) is 0 Å². The van der Waals surface area contributed by atoms with Gasteiger partial charge in [0.15, 0.2) is 0 Å². The van der Waals surface area contributed by atoms with Crippen molar-refractivity contribution in [2.45, 2.75) is 84.6 Å². The molecule has 2 aromatic heterocycles. The van der Waals surface area contributed by atoms with Gasteiger partial charge in [-0.1, -0.05) is 94.8 Å². The normalized spacial score (nSPS) is 11.2. The van der Waals surface area contributed by atoms with Gasteiger partial charge in [-0.2, -0.15) is 5.21 Å². The Morgan fingerprint density at radius 1 is 0.868 bits per heavy atom. The summed E-state index contributed by atoms with van der Waals surface area (Å²) in [7, 11) is 0. The number of H-pyrrole nitrogens is 1. The molecule has 1 N–H and O–H groups in total. The molecule has 2 heterocycles. The molecule has 4 rings (SSSR count). The van der Waals surface area contributed by atoms with Crippen molar-refractivity contribution >= 4 is 5.91 Å².